The lowest BCUT2D eigenvalue weighted by Crippen LogP contribution is -2.13. The highest BCUT2D eigenvalue weighted by Gasteiger charge is 2.18. The number of aromatic nitrogens is 3. The summed E-state index contributed by atoms with van der Waals surface area (Å²) >= 11 is 1.35. The second kappa shape index (κ2) is 6.38. The van der Waals surface area contributed by atoms with Crippen LogP contribution in [0.5, 0.6) is 0 Å². The van der Waals surface area contributed by atoms with Crippen molar-refractivity contribution in [1.82, 2.24) is 14.2 Å². The predicted octanol–water partition coefficient (Wildman–Crippen LogP) is 2.49. The highest BCUT2D eigenvalue weighted by atomic mass is 32.2. The molecule has 0 atom stereocenters. The van der Waals surface area contributed by atoms with Crippen LogP contribution in [0.4, 0.5) is 0 Å². The molecule has 0 aliphatic carbocycles. The Bertz CT molecular complexity index is 669. The summed E-state index contributed by atoms with van der Waals surface area (Å²) in [5.74, 6) is 0.768. The molecule has 2 aromatic rings. The van der Waals surface area contributed by atoms with E-state index in [1.54, 1.807) is 30.6 Å². The standard InChI is InChI=1S/C12H15N3O3S2/c1-2-3-7-19-12-8-11(10-5-4-6-13-9-10)14-15(12)20(16,17)18/h4-6,8-9H,2-3,7H2,1H3,(H,16,17,18). The first kappa shape index (κ1) is 15.0. The van der Waals surface area contributed by atoms with E-state index in [1.165, 1.54) is 11.8 Å². The normalized spacial score (nSPS) is 11.7. The minimum atomic E-state index is -4.39. The molecule has 0 saturated carbocycles. The zero-order chi connectivity index (χ0) is 14.6. The summed E-state index contributed by atoms with van der Waals surface area (Å²) in [4.78, 5) is 3.97. The van der Waals surface area contributed by atoms with Crippen LogP contribution in [-0.4, -0.2) is 32.9 Å². The molecule has 0 bridgehead atoms. The zero-order valence-electron chi connectivity index (χ0n) is 10.9. The van der Waals surface area contributed by atoms with Gasteiger partial charge in [0.25, 0.3) is 0 Å². The summed E-state index contributed by atoms with van der Waals surface area (Å²) in [6.45, 7) is 2.06. The molecular formula is C12H15N3O3S2. The van der Waals surface area contributed by atoms with Crippen LogP contribution in [-0.2, 0) is 10.3 Å². The SMILES string of the molecule is CCCCSc1cc(-c2cccnc2)nn1S(=O)(=O)O. The number of rotatable bonds is 6. The fourth-order valence-corrected chi connectivity index (χ4v) is 3.49. The van der Waals surface area contributed by atoms with E-state index in [2.05, 4.69) is 17.0 Å². The van der Waals surface area contributed by atoms with Gasteiger partial charge in [0.15, 0.2) is 0 Å². The average Bonchev–Trinajstić information content (AvgIpc) is 2.84. The summed E-state index contributed by atoms with van der Waals surface area (Å²) in [5, 5.41) is 4.35. The van der Waals surface area contributed by atoms with E-state index >= 15 is 0 Å². The van der Waals surface area contributed by atoms with E-state index in [-0.39, 0.29) is 0 Å². The van der Waals surface area contributed by atoms with Crippen molar-refractivity contribution in [2.24, 2.45) is 0 Å². The van der Waals surface area contributed by atoms with Crippen molar-refractivity contribution in [3.05, 3.63) is 30.6 Å². The molecule has 0 amide bonds. The molecule has 0 saturated heterocycles. The topological polar surface area (TPSA) is 85.1 Å². The first-order chi connectivity index (χ1) is 9.52. The van der Waals surface area contributed by atoms with Gasteiger partial charge in [-0.25, -0.2) is 0 Å². The summed E-state index contributed by atoms with van der Waals surface area (Å²) < 4.78 is 32.6. The molecule has 0 aliphatic rings. The van der Waals surface area contributed by atoms with Crippen molar-refractivity contribution < 1.29 is 13.0 Å². The molecule has 2 rings (SSSR count). The van der Waals surface area contributed by atoms with Gasteiger partial charge in [-0.3, -0.25) is 9.54 Å². The number of thioether (sulfide) groups is 1. The Kier molecular flexibility index (Phi) is 4.79. The lowest BCUT2D eigenvalue weighted by molar-refractivity contribution is 0.460. The highest BCUT2D eigenvalue weighted by Crippen LogP contribution is 2.26. The van der Waals surface area contributed by atoms with Crippen LogP contribution in [0, 0.1) is 0 Å². The van der Waals surface area contributed by atoms with Gasteiger partial charge >= 0.3 is 10.3 Å². The van der Waals surface area contributed by atoms with E-state index < -0.39 is 10.3 Å². The van der Waals surface area contributed by atoms with Crippen molar-refractivity contribution in [2.75, 3.05) is 5.75 Å². The third-order valence-electron chi connectivity index (χ3n) is 2.57. The molecule has 0 fully saturated rings. The number of pyridine rings is 1. The van der Waals surface area contributed by atoms with E-state index in [1.807, 2.05) is 0 Å². The van der Waals surface area contributed by atoms with Gasteiger partial charge in [-0.05, 0) is 30.4 Å². The minimum absolute atomic E-state index is 0.403. The number of hydrogen-bond acceptors (Lipinski definition) is 5. The quantitative estimate of drug-likeness (QED) is 0.501. The molecule has 0 radical (unpaired) electrons. The molecule has 6 nitrogen and oxygen atoms in total. The maximum atomic E-state index is 11.4. The molecule has 108 valence electrons. The first-order valence-electron chi connectivity index (χ1n) is 6.13. The van der Waals surface area contributed by atoms with E-state index in [4.69, 9.17) is 0 Å². The molecular weight excluding hydrogens is 298 g/mol. The Labute approximate surface area is 122 Å². The van der Waals surface area contributed by atoms with Crippen molar-refractivity contribution in [3.8, 4) is 11.3 Å². The lowest BCUT2D eigenvalue weighted by Gasteiger charge is -2.02. The predicted molar refractivity (Wildman–Crippen MR) is 78.0 cm³/mol. The van der Waals surface area contributed by atoms with Crippen LogP contribution in [0.3, 0.4) is 0 Å². The van der Waals surface area contributed by atoms with Crippen LogP contribution >= 0.6 is 11.8 Å². The van der Waals surface area contributed by atoms with Crippen molar-refractivity contribution in [3.63, 3.8) is 0 Å². The molecule has 1 N–H and O–H groups in total. The zero-order valence-corrected chi connectivity index (χ0v) is 12.6. The highest BCUT2D eigenvalue weighted by molar-refractivity contribution is 7.99. The van der Waals surface area contributed by atoms with Gasteiger partial charge in [0.1, 0.15) is 5.03 Å². The summed E-state index contributed by atoms with van der Waals surface area (Å²) in [6, 6.07) is 5.17. The maximum Gasteiger partial charge on any atom is 0.380 e. The molecule has 2 heterocycles. The third-order valence-corrected chi connectivity index (χ3v) is 4.48. The third kappa shape index (κ3) is 3.59. The van der Waals surface area contributed by atoms with Crippen molar-refractivity contribution >= 4 is 22.1 Å². The van der Waals surface area contributed by atoms with Crippen molar-refractivity contribution in [1.29, 1.82) is 0 Å². The summed E-state index contributed by atoms with van der Waals surface area (Å²) in [7, 11) is -4.39. The van der Waals surface area contributed by atoms with Gasteiger partial charge in [-0.15, -0.1) is 15.8 Å². The van der Waals surface area contributed by atoms with E-state index in [0.717, 1.165) is 18.6 Å². The molecule has 2 aromatic heterocycles. The molecule has 0 spiro atoms. The molecule has 0 aromatic carbocycles. The smallest absolute Gasteiger partial charge is 0.268 e. The number of unbranched alkanes of at least 4 members (excludes halogenated alkanes) is 1. The fraction of sp³-hybridized carbons (Fsp3) is 0.333. The second-order valence-electron chi connectivity index (χ2n) is 4.13. The summed E-state index contributed by atoms with van der Waals surface area (Å²) in [6.07, 6.45) is 5.20. The van der Waals surface area contributed by atoms with Crippen LogP contribution < -0.4 is 0 Å². The number of hydrogen-bond donors (Lipinski definition) is 1. The van der Waals surface area contributed by atoms with Gasteiger partial charge in [-0.2, -0.15) is 13.5 Å². The fourth-order valence-electron chi connectivity index (χ4n) is 1.59. The molecule has 0 aliphatic heterocycles. The van der Waals surface area contributed by atoms with Crippen LogP contribution in [0.15, 0.2) is 35.6 Å². The van der Waals surface area contributed by atoms with Gasteiger partial charge in [-0.1, -0.05) is 13.3 Å². The van der Waals surface area contributed by atoms with E-state index in [0.29, 0.717) is 20.4 Å². The lowest BCUT2D eigenvalue weighted by atomic mass is 10.2. The average molecular weight is 313 g/mol. The van der Waals surface area contributed by atoms with Gasteiger partial charge in [0.05, 0.1) is 5.69 Å². The monoisotopic (exact) mass is 313 g/mol. The number of nitrogens with zero attached hydrogens (tertiary/aromatic N) is 3. The van der Waals surface area contributed by atoms with Crippen molar-refractivity contribution in [2.45, 2.75) is 24.8 Å². The van der Waals surface area contributed by atoms with Crippen LogP contribution in [0.25, 0.3) is 11.3 Å². The molecule has 8 heteroatoms. The Morgan fingerprint density at radius 1 is 1.45 bits per heavy atom. The Balaban J connectivity index is 2.37. The Hall–Kier alpha value is -1.38. The molecule has 0 unspecified atom stereocenters. The maximum absolute atomic E-state index is 11.4. The van der Waals surface area contributed by atoms with Crippen LogP contribution in [0.1, 0.15) is 19.8 Å². The van der Waals surface area contributed by atoms with Gasteiger partial charge in [0, 0.05) is 18.0 Å². The largest absolute Gasteiger partial charge is 0.380 e. The minimum Gasteiger partial charge on any atom is -0.268 e. The van der Waals surface area contributed by atoms with E-state index in [9.17, 15) is 13.0 Å². The first-order valence-corrected chi connectivity index (χ1v) is 8.52. The van der Waals surface area contributed by atoms with Crippen LogP contribution in [0.2, 0.25) is 0 Å². The Morgan fingerprint density at radius 3 is 2.85 bits per heavy atom. The molecule has 20 heavy (non-hydrogen) atoms. The van der Waals surface area contributed by atoms with Gasteiger partial charge in [0.2, 0.25) is 0 Å². The van der Waals surface area contributed by atoms with Gasteiger partial charge < -0.3 is 0 Å². The summed E-state index contributed by atoms with van der Waals surface area (Å²) in [5.41, 5.74) is 1.17. The Morgan fingerprint density at radius 2 is 2.25 bits per heavy atom. The second-order valence-corrected chi connectivity index (χ2v) is 6.49.